The lowest BCUT2D eigenvalue weighted by atomic mass is 10.1. The highest BCUT2D eigenvalue weighted by molar-refractivity contribution is 5.90. The van der Waals surface area contributed by atoms with Crippen LogP contribution in [0.4, 0.5) is 11.5 Å². The van der Waals surface area contributed by atoms with E-state index in [4.69, 9.17) is 9.57 Å². The van der Waals surface area contributed by atoms with Crippen LogP contribution in [0.2, 0.25) is 0 Å². The van der Waals surface area contributed by atoms with Crippen LogP contribution < -0.4 is 15.1 Å². The predicted octanol–water partition coefficient (Wildman–Crippen LogP) is 2.56. The molecule has 0 spiro atoms. The Bertz CT molecular complexity index is 1090. The molecule has 0 bridgehead atoms. The monoisotopic (exact) mass is 393 g/mol. The number of aromatic nitrogens is 4. The second-order valence-electron chi connectivity index (χ2n) is 6.79. The first-order valence-corrected chi connectivity index (χ1v) is 9.62. The van der Waals surface area contributed by atoms with Gasteiger partial charge in [0.15, 0.2) is 17.2 Å². The van der Waals surface area contributed by atoms with Gasteiger partial charge in [-0.25, -0.2) is 19.8 Å². The number of nitrogens with two attached hydrogens (primary N) is 1. The zero-order valence-electron chi connectivity index (χ0n) is 16.6. The second-order valence-corrected chi connectivity index (χ2v) is 6.79. The molecule has 1 aliphatic rings. The van der Waals surface area contributed by atoms with Crippen LogP contribution in [0.25, 0.3) is 21.9 Å². The second kappa shape index (κ2) is 8.85. The number of rotatable bonds is 4. The summed E-state index contributed by atoms with van der Waals surface area (Å²) in [6.45, 7) is 2.18. The number of nitrogens with one attached hydrogen (secondary N) is 1. The number of H-pyrrole nitrogens is 1. The van der Waals surface area contributed by atoms with E-state index in [1.165, 1.54) is 18.2 Å². The summed E-state index contributed by atoms with van der Waals surface area (Å²) in [5.41, 5.74) is 4.46. The number of hydrogen-bond donors (Lipinski definition) is 2. The van der Waals surface area contributed by atoms with Crippen molar-refractivity contribution < 1.29 is 15.1 Å². The van der Waals surface area contributed by atoms with Gasteiger partial charge in [-0.15, -0.1) is 0 Å². The molecule has 150 valence electrons. The van der Waals surface area contributed by atoms with Gasteiger partial charge in [-0.3, -0.25) is 0 Å². The van der Waals surface area contributed by atoms with Gasteiger partial charge < -0.3 is 14.6 Å². The van der Waals surface area contributed by atoms with Crippen molar-refractivity contribution in [1.82, 2.24) is 19.9 Å². The Morgan fingerprint density at radius 3 is 2.69 bits per heavy atom. The summed E-state index contributed by atoms with van der Waals surface area (Å²) in [6, 6.07) is 12.1. The van der Waals surface area contributed by atoms with E-state index in [-0.39, 0.29) is 0 Å². The average Bonchev–Trinajstić information content (AvgIpc) is 3.46. The summed E-state index contributed by atoms with van der Waals surface area (Å²) >= 11 is 0. The molecule has 29 heavy (non-hydrogen) atoms. The fraction of sp³-hybridized carbons (Fsp3) is 0.286. The standard InChI is InChI=1S/C12H13NO2.C9H11N5/c1-14-12-5-3-4-9-6-7-10(13-15-2)8-11(9)12;1-2-4-14(3-1)9-7-8(11-5-10-7)12-6-13-9/h3-8,13H,1-2H3;5-6H,1-4H2,(H,10,11,12,13)/p+1. The van der Waals surface area contributed by atoms with Crippen LogP contribution in [-0.4, -0.2) is 47.2 Å². The molecule has 0 aliphatic carbocycles. The SMILES string of the molecule is CO[NH2+]c1ccc2cccc(OC)c2c1.c1nc(N2CCCC2)c2[nH]cnc2n1. The topological polar surface area (TPSA) is 92.8 Å². The van der Waals surface area contributed by atoms with Crippen LogP contribution in [0, 0.1) is 0 Å². The smallest absolute Gasteiger partial charge is 0.182 e. The van der Waals surface area contributed by atoms with Gasteiger partial charge in [0.2, 0.25) is 0 Å². The summed E-state index contributed by atoms with van der Waals surface area (Å²) in [7, 11) is 3.33. The van der Waals surface area contributed by atoms with Crippen LogP contribution >= 0.6 is 0 Å². The van der Waals surface area contributed by atoms with Crippen LogP contribution in [0.1, 0.15) is 12.8 Å². The lowest BCUT2D eigenvalue weighted by molar-refractivity contribution is -0.830. The third-order valence-corrected chi connectivity index (χ3v) is 4.95. The minimum atomic E-state index is 0.752. The van der Waals surface area contributed by atoms with Gasteiger partial charge in [-0.05, 0) is 30.4 Å². The van der Waals surface area contributed by atoms with Crippen molar-refractivity contribution in [2.75, 3.05) is 32.2 Å². The molecule has 0 amide bonds. The highest BCUT2D eigenvalue weighted by atomic mass is 16.6. The summed E-state index contributed by atoms with van der Waals surface area (Å²) in [6.07, 6.45) is 5.75. The molecule has 0 unspecified atom stereocenters. The van der Waals surface area contributed by atoms with Crippen molar-refractivity contribution in [1.29, 1.82) is 0 Å². The van der Waals surface area contributed by atoms with Gasteiger partial charge >= 0.3 is 0 Å². The molecule has 0 saturated carbocycles. The molecule has 5 rings (SSSR count). The Hall–Kier alpha value is -3.23. The number of fused-ring (bicyclic) bond motifs is 2. The lowest BCUT2D eigenvalue weighted by Gasteiger charge is -2.15. The van der Waals surface area contributed by atoms with Crippen LogP contribution in [0.5, 0.6) is 5.75 Å². The Kier molecular flexibility index (Phi) is 5.83. The highest BCUT2D eigenvalue weighted by Crippen LogP contribution is 2.26. The summed E-state index contributed by atoms with van der Waals surface area (Å²) in [5, 5.41) is 2.27. The zero-order chi connectivity index (χ0) is 20.1. The average molecular weight is 393 g/mol. The van der Waals surface area contributed by atoms with Crippen molar-refractivity contribution in [3.05, 3.63) is 49.1 Å². The Labute approximate surface area is 168 Å². The van der Waals surface area contributed by atoms with Gasteiger partial charge in [0, 0.05) is 30.6 Å². The molecule has 2 aromatic heterocycles. The molecule has 0 radical (unpaired) electrons. The van der Waals surface area contributed by atoms with E-state index in [1.54, 1.807) is 32.4 Å². The number of anilines is 1. The highest BCUT2D eigenvalue weighted by Gasteiger charge is 2.17. The number of nitrogens with zero attached hydrogens (tertiary/aromatic N) is 4. The normalized spacial score (nSPS) is 13.5. The molecule has 3 heterocycles. The van der Waals surface area contributed by atoms with Crippen LogP contribution in [0.3, 0.4) is 0 Å². The number of benzene rings is 2. The van der Waals surface area contributed by atoms with Crippen molar-refractivity contribution in [3.63, 3.8) is 0 Å². The van der Waals surface area contributed by atoms with Gasteiger partial charge in [0.05, 0.1) is 20.5 Å². The Morgan fingerprint density at radius 2 is 1.90 bits per heavy atom. The van der Waals surface area contributed by atoms with E-state index in [1.807, 2.05) is 18.2 Å². The summed E-state index contributed by atoms with van der Waals surface area (Å²) < 4.78 is 5.31. The van der Waals surface area contributed by atoms with E-state index in [2.05, 4.69) is 43.0 Å². The molecule has 8 nitrogen and oxygen atoms in total. The number of quaternary nitrogens is 1. The number of imidazole rings is 1. The molecule has 1 aliphatic heterocycles. The van der Waals surface area contributed by atoms with Crippen LogP contribution in [-0.2, 0) is 4.84 Å². The van der Waals surface area contributed by atoms with E-state index in [9.17, 15) is 0 Å². The zero-order valence-corrected chi connectivity index (χ0v) is 16.6. The maximum Gasteiger partial charge on any atom is 0.182 e. The fourth-order valence-corrected chi connectivity index (χ4v) is 3.57. The maximum atomic E-state index is 5.31. The van der Waals surface area contributed by atoms with E-state index < -0.39 is 0 Å². The molecular formula is C21H25N6O2+. The quantitative estimate of drug-likeness (QED) is 0.409. The molecule has 1 saturated heterocycles. The predicted molar refractivity (Wildman–Crippen MR) is 112 cm³/mol. The minimum absolute atomic E-state index is 0.752. The molecule has 2 aromatic carbocycles. The molecule has 4 aromatic rings. The van der Waals surface area contributed by atoms with E-state index in [0.29, 0.717) is 0 Å². The number of methoxy groups -OCH3 is 1. The molecule has 1 fully saturated rings. The maximum absolute atomic E-state index is 5.31. The lowest BCUT2D eigenvalue weighted by Crippen LogP contribution is -2.75. The van der Waals surface area contributed by atoms with E-state index >= 15 is 0 Å². The van der Waals surface area contributed by atoms with Gasteiger partial charge in [0.25, 0.3) is 0 Å². The van der Waals surface area contributed by atoms with Crippen molar-refractivity contribution in [2.24, 2.45) is 0 Å². The largest absolute Gasteiger partial charge is 0.496 e. The summed E-state index contributed by atoms with van der Waals surface area (Å²) in [5.74, 6) is 1.88. The van der Waals surface area contributed by atoms with Crippen molar-refractivity contribution in [3.8, 4) is 5.75 Å². The van der Waals surface area contributed by atoms with E-state index in [0.717, 1.165) is 46.9 Å². The molecular weight excluding hydrogens is 368 g/mol. The number of hydrogen-bond acceptors (Lipinski definition) is 6. The van der Waals surface area contributed by atoms with Gasteiger partial charge in [-0.2, -0.15) is 5.48 Å². The molecule has 3 N–H and O–H groups in total. The minimum Gasteiger partial charge on any atom is -0.496 e. The number of aromatic amines is 1. The van der Waals surface area contributed by atoms with Gasteiger partial charge in [0.1, 0.15) is 17.6 Å². The van der Waals surface area contributed by atoms with Gasteiger partial charge in [-0.1, -0.05) is 12.1 Å². The fourth-order valence-electron chi connectivity index (χ4n) is 3.57. The first-order valence-electron chi connectivity index (χ1n) is 9.62. The molecule has 8 heteroatoms. The molecule has 0 atom stereocenters. The number of ether oxygens (including phenoxy) is 1. The first-order chi connectivity index (χ1) is 14.3. The summed E-state index contributed by atoms with van der Waals surface area (Å²) in [4.78, 5) is 22.9. The van der Waals surface area contributed by atoms with Crippen LogP contribution in [0.15, 0.2) is 49.1 Å². The Morgan fingerprint density at radius 1 is 1.03 bits per heavy atom. The van der Waals surface area contributed by atoms with Crippen molar-refractivity contribution in [2.45, 2.75) is 12.8 Å². The third-order valence-electron chi connectivity index (χ3n) is 4.95. The third kappa shape index (κ3) is 4.13. The van der Waals surface area contributed by atoms with Crippen molar-refractivity contribution >= 4 is 33.4 Å². The Balaban J connectivity index is 0.000000141. The first kappa shape index (κ1) is 19.1.